The zero-order chi connectivity index (χ0) is 10.0. The van der Waals surface area contributed by atoms with E-state index in [1.165, 1.54) is 4.90 Å². The normalized spacial score (nSPS) is 9.77. The highest BCUT2D eigenvalue weighted by molar-refractivity contribution is 9.10. The molecule has 2 amide bonds. The Balaban J connectivity index is 3.12. The number of carbonyl (C=O) groups is 1. The first kappa shape index (κ1) is 10.1. The minimum Gasteiger partial charge on any atom is -0.351 e. The highest BCUT2D eigenvalue weighted by Crippen LogP contribution is 2.23. The summed E-state index contributed by atoms with van der Waals surface area (Å²) in [5.74, 6) is 0. The first-order valence-electron chi connectivity index (χ1n) is 3.81. The van der Waals surface area contributed by atoms with Crippen LogP contribution in [0.4, 0.5) is 10.5 Å². The van der Waals surface area contributed by atoms with E-state index in [1.807, 2.05) is 25.1 Å². The van der Waals surface area contributed by atoms with Crippen molar-refractivity contribution >= 4 is 27.6 Å². The summed E-state index contributed by atoms with van der Waals surface area (Å²) in [6.45, 7) is 1.93. The SMILES string of the molecule is Cc1ccc(Br)cc1N(C)C(N)=O. The van der Waals surface area contributed by atoms with Gasteiger partial charge in [0.05, 0.1) is 0 Å². The Kier molecular flexibility index (Phi) is 2.93. The number of hydrogen-bond donors (Lipinski definition) is 1. The number of anilines is 1. The lowest BCUT2D eigenvalue weighted by atomic mass is 10.2. The van der Waals surface area contributed by atoms with Gasteiger partial charge in [0, 0.05) is 17.2 Å². The number of carbonyl (C=O) groups excluding carboxylic acids is 1. The molecule has 3 nitrogen and oxygen atoms in total. The quantitative estimate of drug-likeness (QED) is 0.807. The van der Waals surface area contributed by atoms with E-state index in [0.29, 0.717) is 0 Å². The topological polar surface area (TPSA) is 46.3 Å². The van der Waals surface area contributed by atoms with E-state index >= 15 is 0 Å². The third-order valence-electron chi connectivity index (χ3n) is 1.86. The Bertz CT molecular complexity index is 338. The summed E-state index contributed by atoms with van der Waals surface area (Å²) in [5, 5.41) is 0. The number of amides is 2. The fourth-order valence-corrected chi connectivity index (χ4v) is 1.41. The third-order valence-corrected chi connectivity index (χ3v) is 2.36. The number of rotatable bonds is 1. The van der Waals surface area contributed by atoms with Crippen LogP contribution in [0.2, 0.25) is 0 Å². The molecule has 0 atom stereocenters. The monoisotopic (exact) mass is 242 g/mol. The molecule has 1 rings (SSSR count). The van der Waals surface area contributed by atoms with Crippen molar-refractivity contribution in [3.63, 3.8) is 0 Å². The first-order valence-corrected chi connectivity index (χ1v) is 4.61. The van der Waals surface area contributed by atoms with Gasteiger partial charge in [0.15, 0.2) is 0 Å². The molecule has 1 aromatic carbocycles. The van der Waals surface area contributed by atoms with Crippen LogP contribution >= 0.6 is 15.9 Å². The van der Waals surface area contributed by atoms with E-state index in [0.717, 1.165) is 15.7 Å². The molecule has 0 radical (unpaired) electrons. The largest absolute Gasteiger partial charge is 0.351 e. The summed E-state index contributed by atoms with van der Waals surface area (Å²) in [5.41, 5.74) is 7.00. The van der Waals surface area contributed by atoms with Gasteiger partial charge < -0.3 is 5.73 Å². The van der Waals surface area contributed by atoms with E-state index in [2.05, 4.69) is 15.9 Å². The minimum absolute atomic E-state index is 0.457. The van der Waals surface area contributed by atoms with Crippen LogP contribution in [0.1, 0.15) is 5.56 Å². The zero-order valence-electron chi connectivity index (χ0n) is 7.54. The van der Waals surface area contributed by atoms with Crippen LogP contribution in [0.25, 0.3) is 0 Å². The molecule has 0 unspecified atom stereocenters. The second-order valence-corrected chi connectivity index (χ2v) is 3.74. The fraction of sp³-hybridized carbons (Fsp3) is 0.222. The standard InChI is InChI=1S/C9H11BrN2O/c1-6-3-4-7(10)5-8(6)12(2)9(11)13/h3-5H,1-2H3,(H2,11,13). The molecule has 0 aliphatic carbocycles. The summed E-state index contributed by atoms with van der Waals surface area (Å²) in [7, 11) is 1.65. The summed E-state index contributed by atoms with van der Waals surface area (Å²) in [6.07, 6.45) is 0. The number of nitrogens with zero attached hydrogens (tertiary/aromatic N) is 1. The van der Waals surface area contributed by atoms with Gasteiger partial charge in [0.2, 0.25) is 0 Å². The Hall–Kier alpha value is -1.03. The van der Waals surface area contributed by atoms with Crippen LogP contribution in [0, 0.1) is 6.92 Å². The average molecular weight is 243 g/mol. The molecule has 70 valence electrons. The lowest BCUT2D eigenvalue weighted by Gasteiger charge is -2.16. The fourth-order valence-electron chi connectivity index (χ4n) is 1.06. The first-order chi connectivity index (χ1) is 6.02. The molecule has 0 aliphatic rings. The maximum absolute atomic E-state index is 10.9. The van der Waals surface area contributed by atoms with Crippen molar-refractivity contribution in [3.05, 3.63) is 28.2 Å². The van der Waals surface area contributed by atoms with Crippen molar-refractivity contribution in [2.24, 2.45) is 5.73 Å². The number of primary amides is 1. The molecule has 0 aliphatic heterocycles. The Morgan fingerprint density at radius 1 is 1.54 bits per heavy atom. The van der Waals surface area contributed by atoms with Gasteiger partial charge >= 0.3 is 6.03 Å². The van der Waals surface area contributed by atoms with Gasteiger partial charge in [0.25, 0.3) is 0 Å². The average Bonchev–Trinajstić information content (AvgIpc) is 2.08. The second-order valence-electron chi connectivity index (χ2n) is 2.83. The maximum atomic E-state index is 10.9. The molecule has 0 saturated carbocycles. The summed E-state index contributed by atoms with van der Waals surface area (Å²) in [4.78, 5) is 12.3. The number of aryl methyl sites for hydroxylation is 1. The summed E-state index contributed by atoms with van der Waals surface area (Å²) in [6, 6.07) is 5.26. The van der Waals surface area contributed by atoms with Crippen LogP contribution in [0.15, 0.2) is 22.7 Å². The van der Waals surface area contributed by atoms with Gasteiger partial charge in [-0.3, -0.25) is 4.90 Å². The van der Waals surface area contributed by atoms with Crippen molar-refractivity contribution in [3.8, 4) is 0 Å². The van der Waals surface area contributed by atoms with E-state index in [-0.39, 0.29) is 0 Å². The lowest BCUT2D eigenvalue weighted by molar-refractivity contribution is 0.255. The molecule has 0 fully saturated rings. The number of urea groups is 1. The molecule has 4 heteroatoms. The highest BCUT2D eigenvalue weighted by atomic mass is 79.9. The van der Waals surface area contributed by atoms with Crippen molar-refractivity contribution < 1.29 is 4.79 Å². The number of hydrogen-bond acceptors (Lipinski definition) is 1. The van der Waals surface area contributed by atoms with Crippen LogP contribution in [0.5, 0.6) is 0 Å². The smallest absolute Gasteiger partial charge is 0.319 e. The molecular weight excluding hydrogens is 232 g/mol. The number of halogens is 1. The Morgan fingerprint density at radius 2 is 2.15 bits per heavy atom. The molecule has 0 heterocycles. The summed E-state index contributed by atoms with van der Waals surface area (Å²) < 4.78 is 0.932. The van der Waals surface area contributed by atoms with Gasteiger partial charge in [-0.15, -0.1) is 0 Å². The number of benzene rings is 1. The van der Waals surface area contributed by atoms with Gasteiger partial charge in [-0.2, -0.15) is 0 Å². The summed E-state index contributed by atoms with van der Waals surface area (Å²) >= 11 is 3.33. The van der Waals surface area contributed by atoms with Crippen molar-refractivity contribution in [1.29, 1.82) is 0 Å². The maximum Gasteiger partial charge on any atom is 0.319 e. The van der Waals surface area contributed by atoms with Crippen LogP contribution in [0.3, 0.4) is 0 Å². The number of nitrogens with two attached hydrogens (primary N) is 1. The van der Waals surface area contributed by atoms with E-state index < -0.39 is 6.03 Å². The van der Waals surface area contributed by atoms with E-state index in [9.17, 15) is 4.79 Å². The highest BCUT2D eigenvalue weighted by Gasteiger charge is 2.08. The van der Waals surface area contributed by atoms with Crippen molar-refractivity contribution in [1.82, 2.24) is 0 Å². The Labute approximate surface area is 85.7 Å². The lowest BCUT2D eigenvalue weighted by Crippen LogP contribution is -2.32. The third kappa shape index (κ3) is 2.21. The predicted molar refractivity (Wildman–Crippen MR) is 56.9 cm³/mol. The van der Waals surface area contributed by atoms with Crippen LogP contribution < -0.4 is 10.6 Å². The van der Waals surface area contributed by atoms with Gasteiger partial charge in [-0.1, -0.05) is 22.0 Å². The van der Waals surface area contributed by atoms with Crippen molar-refractivity contribution in [2.75, 3.05) is 11.9 Å². The minimum atomic E-state index is -0.457. The van der Waals surface area contributed by atoms with E-state index in [1.54, 1.807) is 7.05 Å². The van der Waals surface area contributed by atoms with Crippen molar-refractivity contribution in [2.45, 2.75) is 6.92 Å². The molecule has 0 spiro atoms. The second kappa shape index (κ2) is 3.79. The van der Waals surface area contributed by atoms with E-state index in [4.69, 9.17) is 5.73 Å². The van der Waals surface area contributed by atoms with Crippen LogP contribution in [-0.2, 0) is 0 Å². The molecule has 1 aromatic rings. The van der Waals surface area contributed by atoms with Crippen LogP contribution in [-0.4, -0.2) is 13.1 Å². The molecule has 0 aromatic heterocycles. The van der Waals surface area contributed by atoms with Gasteiger partial charge in [0.1, 0.15) is 0 Å². The molecule has 13 heavy (non-hydrogen) atoms. The molecule has 2 N–H and O–H groups in total. The predicted octanol–water partition coefficient (Wildman–Crippen LogP) is 2.27. The molecule has 0 bridgehead atoms. The molecule has 0 saturated heterocycles. The molecular formula is C9H11BrN2O. The zero-order valence-corrected chi connectivity index (χ0v) is 9.13. The Morgan fingerprint density at radius 3 is 2.69 bits per heavy atom. The van der Waals surface area contributed by atoms with Gasteiger partial charge in [-0.25, -0.2) is 4.79 Å². The van der Waals surface area contributed by atoms with Gasteiger partial charge in [-0.05, 0) is 24.6 Å².